The number of aryl methyl sites for hydroxylation is 2. The lowest BCUT2D eigenvalue weighted by Gasteiger charge is -1.92. The molecule has 7 heteroatoms. The van der Waals surface area contributed by atoms with Crippen molar-refractivity contribution in [3.8, 4) is 17.1 Å². The highest BCUT2D eigenvalue weighted by Gasteiger charge is 2.19. The predicted octanol–water partition coefficient (Wildman–Crippen LogP) is 2.07. The number of nitrogens with zero attached hydrogens (tertiary/aromatic N) is 7. The van der Waals surface area contributed by atoms with Gasteiger partial charge in [0.2, 0.25) is 6.33 Å². The number of aromatic nitrogens is 7. The van der Waals surface area contributed by atoms with Crippen LogP contribution in [0, 0.1) is 0 Å². The van der Waals surface area contributed by atoms with Crippen LogP contribution in [0.4, 0.5) is 0 Å². The highest BCUT2D eigenvalue weighted by Crippen LogP contribution is 2.20. The normalized spacial score (nSPS) is 13.7. The molecular weight excluding hydrogens is 326 g/mol. The lowest BCUT2D eigenvalue weighted by Crippen LogP contribution is -2.18. The molecule has 0 saturated heterocycles. The fourth-order valence-electron chi connectivity index (χ4n) is 3.66. The minimum Gasteiger partial charge on any atom is -0.348 e. The van der Waals surface area contributed by atoms with E-state index in [1.807, 2.05) is 58.1 Å². The van der Waals surface area contributed by atoms with Gasteiger partial charge in [-0.3, -0.25) is 0 Å². The van der Waals surface area contributed by atoms with E-state index in [-0.39, 0.29) is 0 Å². The lowest BCUT2D eigenvalue weighted by atomic mass is 10.3. The minimum atomic E-state index is 0.709. The van der Waals surface area contributed by atoms with Crippen LogP contribution < -0.4 is 4.40 Å². The van der Waals surface area contributed by atoms with Crippen molar-refractivity contribution in [2.45, 2.75) is 19.4 Å². The summed E-state index contributed by atoms with van der Waals surface area (Å²) in [4.78, 5) is 4.60. The number of rotatable bonds is 2. The van der Waals surface area contributed by atoms with Gasteiger partial charge in [-0.05, 0) is 31.0 Å². The molecule has 0 atom stereocenters. The number of hydrogen-bond acceptors (Lipinski definition) is 3. The van der Waals surface area contributed by atoms with Crippen LogP contribution >= 0.6 is 0 Å². The van der Waals surface area contributed by atoms with E-state index in [1.54, 1.807) is 4.52 Å². The molecule has 0 bridgehead atoms. The molecule has 0 aliphatic carbocycles. The molecule has 0 spiro atoms. The topological polar surface area (TPSA) is 57.0 Å². The minimum absolute atomic E-state index is 0.709. The van der Waals surface area contributed by atoms with Crippen LogP contribution in [0.3, 0.4) is 0 Å². The molecule has 0 radical (unpaired) electrons. The summed E-state index contributed by atoms with van der Waals surface area (Å²) in [6.45, 7) is 1.10. The molecule has 26 heavy (non-hydrogen) atoms. The van der Waals surface area contributed by atoms with E-state index in [4.69, 9.17) is 5.10 Å². The molecule has 1 aliphatic rings. The Balaban J connectivity index is 1.44. The summed E-state index contributed by atoms with van der Waals surface area (Å²) in [5.41, 5.74) is 5.19. The second-order valence-corrected chi connectivity index (χ2v) is 6.67. The van der Waals surface area contributed by atoms with Crippen molar-refractivity contribution in [3.05, 3.63) is 67.0 Å². The van der Waals surface area contributed by atoms with Gasteiger partial charge in [0.15, 0.2) is 17.2 Å². The standard InChI is InChI=1S/C19H16N7/c1-2-9-25-17(5-1)20-19(22-25)14-6-7-18-21-26(13-24(18)11-14)16-10-15-4-3-8-23(15)12-16/h1-2,5-7,9-13H,3-4,8H2/q+1. The van der Waals surface area contributed by atoms with Crippen molar-refractivity contribution in [2.75, 3.05) is 0 Å². The number of hydrogen-bond donors (Lipinski definition) is 0. The third kappa shape index (κ3) is 2.00. The van der Waals surface area contributed by atoms with Crippen molar-refractivity contribution < 1.29 is 4.40 Å². The first-order chi connectivity index (χ1) is 12.8. The average Bonchev–Trinajstić information content (AvgIpc) is 3.40. The Labute approximate surface area is 148 Å². The summed E-state index contributed by atoms with van der Waals surface area (Å²) in [5.74, 6) is 0.709. The third-order valence-electron chi connectivity index (χ3n) is 4.97. The van der Waals surface area contributed by atoms with Crippen LogP contribution in [-0.2, 0) is 13.0 Å². The van der Waals surface area contributed by atoms with Crippen LogP contribution in [-0.4, -0.2) is 28.9 Å². The van der Waals surface area contributed by atoms with Crippen molar-refractivity contribution in [2.24, 2.45) is 0 Å². The largest absolute Gasteiger partial charge is 0.348 e. The molecule has 126 valence electrons. The van der Waals surface area contributed by atoms with Crippen LogP contribution in [0.5, 0.6) is 0 Å². The predicted molar refractivity (Wildman–Crippen MR) is 95.0 cm³/mol. The average molecular weight is 342 g/mol. The Kier molecular flexibility index (Phi) is 2.65. The van der Waals surface area contributed by atoms with Crippen molar-refractivity contribution in [3.63, 3.8) is 0 Å². The van der Waals surface area contributed by atoms with Crippen LogP contribution in [0.2, 0.25) is 0 Å². The SMILES string of the molecule is c1ccn2nc(-c3ccc4nn(-c5cc6n(c5)CCC6)c[n+]4c3)nc2c1. The molecule has 0 saturated carbocycles. The highest BCUT2D eigenvalue weighted by atomic mass is 15.4. The second kappa shape index (κ2) is 5.01. The highest BCUT2D eigenvalue weighted by molar-refractivity contribution is 5.57. The molecule has 1 aliphatic heterocycles. The molecule has 0 fully saturated rings. The van der Waals surface area contributed by atoms with Gasteiger partial charge >= 0.3 is 5.65 Å². The maximum Gasteiger partial charge on any atom is 0.306 e. The lowest BCUT2D eigenvalue weighted by molar-refractivity contribution is -0.512. The zero-order valence-corrected chi connectivity index (χ0v) is 14.0. The van der Waals surface area contributed by atoms with Crippen molar-refractivity contribution in [1.29, 1.82) is 0 Å². The molecule has 0 unspecified atom stereocenters. The molecule has 5 aromatic heterocycles. The first kappa shape index (κ1) is 13.8. The summed E-state index contributed by atoms with van der Waals surface area (Å²) in [6, 6.07) is 12.1. The van der Waals surface area contributed by atoms with Gasteiger partial charge in [0.1, 0.15) is 0 Å². The van der Waals surface area contributed by atoms with Crippen molar-refractivity contribution in [1.82, 2.24) is 28.9 Å². The first-order valence-electron chi connectivity index (χ1n) is 8.75. The molecule has 0 aromatic carbocycles. The Hall–Kier alpha value is -3.48. The van der Waals surface area contributed by atoms with E-state index in [2.05, 4.69) is 26.9 Å². The van der Waals surface area contributed by atoms with E-state index in [9.17, 15) is 0 Å². The summed E-state index contributed by atoms with van der Waals surface area (Å²) in [7, 11) is 0. The van der Waals surface area contributed by atoms with Gasteiger partial charge in [0.25, 0.3) is 0 Å². The van der Waals surface area contributed by atoms with E-state index in [0.29, 0.717) is 5.82 Å². The van der Waals surface area contributed by atoms with Gasteiger partial charge in [-0.2, -0.15) is 0 Å². The smallest absolute Gasteiger partial charge is 0.306 e. The summed E-state index contributed by atoms with van der Waals surface area (Å²) >= 11 is 0. The first-order valence-corrected chi connectivity index (χ1v) is 8.75. The van der Waals surface area contributed by atoms with Gasteiger partial charge in [-0.25, -0.2) is 13.9 Å². The van der Waals surface area contributed by atoms with E-state index < -0.39 is 0 Å². The molecule has 6 heterocycles. The molecule has 0 N–H and O–H groups in total. The fourth-order valence-corrected chi connectivity index (χ4v) is 3.66. The van der Waals surface area contributed by atoms with E-state index in [1.165, 1.54) is 12.1 Å². The third-order valence-corrected chi connectivity index (χ3v) is 4.97. The Morgan fingerprint density at radius 2 is 2.08 bits per heavy atom. The number of pyridine rings is 2. The maximum absolute atomic E-state index is 4.69. The molecular formula is C19H16N7+. The van der Waals surface area contributed by atoms with Gasteiger partial charge < -0.3 is 4.57 Å². The summed E-state index contributed by atoms with van der Waals surface area (Å²) in [5, 5.41) is 9.24. The van der Waals surface area contributed by atoms with Gasteiger partial charge in [-0.15, -0.1) is 5.10 Å². The summed E-state index contributed by atoms with van der Waals surface area (Å²) in [6.07, 6.45) is 10.5. The molecule has 0 amide bonds. The van der Waals surface area contributed by atoms with E-state index >= 15 is 0 Å². The molecule has 5 aromatic rings. The van der Waals surface area contributed by atoms with Crippen LogP contribution in [0.1, 0.15) is 12.1 Å². The zero-order valence-electron chi connectivity index (χ0n) is 14.0. The zero-order chi connectivity index (χ0) is 17.1. The van der Waals surface area contributed by atoms with Crippen LogP contribution in [0.15, 0.2) is 61.3 Å². The Bertz CT molecular complexity index is 1220. The fraction of sp³-hybridized carbons (Fsp3) is 0.158. The quantitative estimate of drug-likeness (QED) is 0.462. The van der Waals surface area contributed by atoms with Crippen molar-refractivity contribution >= 4 is 11.3 Å². The van der Waals surface area contributed by atoms with Gasteiger partial charge in [-0.1, -0.05) is 10.7 Å². The number of fused-ring (bicyclic) bond motifs is 3. The molecule has 6 rings (SSSR count). The molecule has 7 nitrogen and oxygen atoms in total. The van der Waals surface area contributed by atoms with E-state index in [0.717, 1.165) is 35.5 Å². The summed E-state index contributed by atoms with van der Waals surface area (Å²) < 4.78 is 8.06. The van der Waals surface area contributed by atoms with Gasteiger partial charge in [0.05, 0.1) is 16.9 Å². The Morgan fingerprint density at radius 1 is 1.08 bits per heavy atom. The second-order valence-electron chi connectivity index (χ2n) is 6.67. The Morgan fingerprint density at radius 3 is 3.00 bits per heavy atom. The van der Waals surface area contributed by atoms with Gasteiger partial charge in [0, 0.05) is 36.8 Å². The maximum atomic E-state index is 4.69. The monoisotopic (exact) mass is 342 g/mol. The van der Waals surface area contributed by atoms with Crippen LogP contribution in [0.25, 0.3) is 28.4 Å².